The Balaban J connectivity index is 1.44. The van der Waals surface area contributed by atoms with E-state index in [1.807, 2.05) is 0 Å². The van der Waals surface area contributed by atoms with Gasteiger partial charge in [0.15, 0.2) is 0 Å². The second-order valence-electron chi connectivity index (χ2n) is 24.3. The predicted octanol–water partition coefficient (Wildman–Crippen LogP) is 23.0. The van der Waals surface area contributed by atoms with Crippen LogP contribution in [0.1, 0.15) is 243 Å². The number of benzene rings is 2. The second-order valence-corrected chi connectivity index (χ2v) is 35.4. The minimum absolute atomic E-state index is 0.917. The third kappa shape index (κ3) is 27.0. The molecule has 2 heterocycles. The molecule has 0 aliphatic carbocycles. The van der Waals surface area contributed by atoms with Gasteiger partial charge < -0.3 is 4.74 Å². The number of hydrogen-bond acceptors (Lipinski definition) is 3. The summed E-state index contributed by atoms with van der Waals surface area (Å²) in [6.07, 6.45) is 48.9. The Morgan fingerprint density at radius 3 is 0.973 bits per heavy atom. The van der Waals surface area contributed by atoms with Crippen LogP contribution in [-0.4, -0.2) is 26.1 Å². The predicted molar refractivity (Wildman–Crippen MR) is 330 cm³/mol. The van der Waals surface area contributed by atoms with E-state index in [0.717, 1.165) is 48.6 Å². The number of nitrogens with zero attached hydrogens (tertiary/aromatic N) is 2. The summed E-state index contributed by atoms with van der Waals surface area (Å²) in [4.78, 5) is 10.1. The molecule has 0 saturated heterocycles. The molecule has 73 heavy (non-hydrogen) atoms. The number of aryl methyl sites for hydroxylation is 4. The molecule has 0 aliphatic heterocycles. The lowest BCUT2D eigenvalue weighted by atomic mass is 9.99. The zero-order valence-corrected chi connectivity index (χ0v) is 51.1. The first-order valence-electron chi connectivity index (χ1n) is 31.4. The van der Waals surface area contributed by atoms with E-state index in [0.29, 0.717) is 0 Å². The van der Waals surface area contributed by atoms with Crippen LogP contribution in [0.15, 0.2) is 73.1 Å². The van der Waals surface area contributed by atoms with E-state index in [1.54, 1.807) is 0 Å². The van der Waals surface area contributed by atoms with E-state index in [4.69, 9.17) is 14.7 Å². The maximum Gasteiger partial charge on any atom is 0.130 e. The number of rotatable bonds is 44. The highest BCUT2D eigenvalue weighted by molar-refractivity contribution is 6.77. The van der Waals surface area contributed by atoms with Crippen LogP contribution in [0, 0.1) is 0 Å². The van der Waals surface area contributed by atoms with Crippen molar-refractivity contribution in [3.8, 4) is 34.0 Å². The maximum atomic E-state index is 7.12. The van der Waals surface area contributed by atoms with Gasteiger partial charge in [0, 0.05) is 39.7 Å². The van der Waals surface area contributed by atoms with Gasteiger partial charge in [-0.15, -0.1) is 0 Å². The molecule has 0 N–H and O–H groups in total. The van der Waals surface area contributed by atoms with Gasteiger partial charge in [0.2, 0.25) is 0 Å². The number of unbranched alkanes of at least 4 members (excludes halogenated alkanes) is 26. The van der Waals surface area contributed by atoms with Crippen molar-refractivity contribution in [2.75, 3.05) is 0 Å². The van der Waals surface area contributed by atoms with Crippen molar-refractivity contribution in [1.29, 1.82) is 0 Å². The zero-order valence-electron chi connectivity index (χ0n) is 49.1. The van der Waals surface area contributed by atoms with Gasteiger partial charge in [0.05, 0.1) is 11.4 Å². The topological polar surface area (TPSA) is 35.0 Å². The van der Waals surface area contributed by atoms with Crippen LogP contribution < -0.4 is 4.74 Å². The molecule has 0 bridgehead atoms. The Morgan fingerprint density at radius 2 is 0.658 bits per heavy atom. The van der Waals surface area contributed by atoms with Crippen LogP contribution in [0.3, 0.4) is 0 Å². The molecule has 0 radical (unpaired) electrons. The average molecular weight is 1030 g/mol. The Morgan fingerprint density at radius 1 is 0.342 bits per heavy atom. The van der Waals surface area contributed by atoms with Crippen LogP contribution >= 0.6 is 0 Å². The van der Waals surface area contributed by atoms with Crippen molar-refractivity contribution in [2.45, 2.75) is 296 Å². The summed E-state index contributed by atoms with van der Waals surface area (Å²) in [5.74, 6) is 2.01. The van der Waals surface area contributed by atoms with E-state index < -0.39 is 16.1 Å². The molecule has 5 heteroatoms. The lowest BCUT2D eigenvalue weighted by Crippen LogP contribution is -2.22. The molecule has 4 aromatic rings. The summed E-state index contributed by atoms with van der Waals surface area (Å²) in [7, 11) is -1.83. The van der Waals surface area contributed by atoms with Crippen molar-refractivity contribution in [3.05, 3.63) is 95.3 Å². The summed E-state index contributed by atoms with van der Waals surface area (Å²) in [5, 5.41) is 0. The fraction of sp³-hybridized carbons (Fsp3) is 0.676. The van der Waals surface area contributed by atoms with E-state index >= 15 is 0 Å². The summed E-state index contributed by atoms with van der Waals surface area (Å²) >= 11 is 0. The normalized spacial score (nSPS) is 12.0. The molecule has 0 aliphatic rings. The van der Waals surface area contributed by atoms with Gasteiger partial charge in [-0.1, -0.05) is 257 Å². The molecule has 0 saturated carbocycles. The summed E-state index contributed by atoms with van der Waals surface area (Å²) in [6, 6.07) is 28.8. The molecular formula is C68H112N2OSi2. The molecule has 4 rings (SSSR count). The van der Waals surface area contributed by atoms with Gasteiger partial charge >= 0.3 is 0 Å². The SMILES string of the molecule is CCCCCCCCc1ccc(-c2ccc(Oc3ccc(-c4ccc(CCCCCCCC)cn4)cc3CCCCCCCCCCC[Si](C)(C)CC)c(CCCCCCCCCCC[Si](C)(C)CC)c2)nc1. The molecule has 0 atom stereocenters. The van der Waals surface area contributed by atoms with E-state index in [-0.39, 0.29) is 0 Å². The van der Waals surface area contributed by atoms with Gasteiger partial charge in [0.1, 0.15) is 11.5 Å². The molecular weight excluding hydrogens is 917 g/mol. The Labute approximate surface area is 454 Å². The molecule has 2 aromatic carbocycles. The Bertz CT molecular complexity index is 1850. The lowest BCUT2D eigenvalue weighted by molar-refractivity contribution is 0.466. The van der Waals surface area contributed by atoms with Crippen LogP contribution in [0.2, 0.25) is 50.4 Å². The van der Waals surface area contributed by atoms with Gasteiger partial charge in [-0.2, -0.15) is 0 Å². The number of aromatic nitrogens is 2. The van der Waals surface area contributed by atoms with Gasteiger partial charge in [0.25, 0.3) is 0 Å². The van der Waals surface area contributed by atoms with Crippen LogP contribution in [-0.2, 0) is 25.7 Å². The molecule has 0 spiro atoms. The van der Waals surface area contributed by atoms with Crippen LogP contribution in [0.5, 0.6) is 11.5 Å². The molecule has 0 unspecified atom stereocenters. The third-order valence-corrected chi connectivity index (χ3v) is 24.0. The highest BCUT2D eigenvalue weighted by atomic mass is 28.3. The summed E-state index contributed by atoms with van der Waals surface area (Å²) < 4.78 is 7.12. The van der Waals surface area contributed by atoms with Crippen molar-refractivity contribution in [1.82, 2.24) is 9.97 Å². The van der Waals surface area contributed by atoms with Crippen LogP contribution in [0.25, 0.3) is 22.5 Å². The fourth-order valence-corrected chi connectivity index (χ4v) is 13.7. The Kier molecular flexibility index (Phi) is 32.3. The van der Waals surface area contributed by atoms with Gasteiger partial charge in [-0.05, 0) is 122 Å². The number of pyridine rings is 2. The summed E-state index contributed by atoms with van der Waals surface area (Å²) in [6.45, 7) is 19.6. The minimum atomic E-state index is -0.917. The average Bonchev–Trinajstić information content (AvgIpc) is 3.40. The third-order valence-electron chi connectivity index (χ3n) is 16.7. The zero-order chi connectivity index (χ0) is 52.3. The highest BCUT2D eigenvalue weighted by Gasteiger charge is 2.18. The number of ether oxygens (including phenoxy) is 1. The first kappa shape index (κ1) is 62.5. The first-order chi connectivity index (χ1) is 35.6. The molecule has 408 valence electrons. The number of hydrogen-bond donors (Lipinski definition) is 0. The minimum Gasteiger partial charge on any atom is -0.457 e. The standard InChI is InChI=1S/C68H112N2OSi2/c1-9-13-15-17-29-35-41-59-45-49-65(69-57-59)61-47-51-67(63(55-61)43-37-31-25-21-19-23-27-33-39-53-72(5,6)11-3)71-68-52-48-62(66-50-46-60(58-70-66)42-36-30-18-16-14-10-2)56-64(68)44-38-32-26-22-20-24-28-34-40-54-73(7,8)12-4/h45-52,55-58H,9-44,53-54H2,1-8H3. The van der Waals surface area contributed by atoms with Gasteiger partial charge in [-0.3, -0.25) is 9.97 Å². The maximum absolute atomic E-state index is 7.12. The largest absolute Gasteiger partial charge is 0.457 e. The lowest BCUT2D eigenvalue weighted by Gasteiger charge is -2.19. The van der Waals surface area contributed by atoms with Crippen molar-refractivity contribution < 1.29 is 4.74 Å². The molecule has 0 amide bonds. The van der Waals surface area contributed by atoms with E-state index in [2.05, 4.69) is 127 Å². The smallest absolute Gasteiger partial charge is 0.130 e. The van der Waals surface area contributed by atoms with Gasteiger partial charge in [-0.25, -0.2) is 0 Å². The molecule has 2 aromatic heterocycles. The quantitative estimate of drug-likeness (QED) is 0.0327. The van der Waals surface area contributed by atoms with E-state index in [9.17, 15) is 0 Å². The second kappa shape index (κ2) is 37.7. The van der Waals surface area contributed by atoms with Crippen molar-refractivity contribution in [2.24, 2.45) is 0 Å². The molecule has 0 fully saturated rings. The van der Waals surface area contributed by atoms with Crippen molar-refractivity contribution in [3.63, 3.8) is 0 Å². The van der Waals surface area contributed by atoms with E-state index in [1.165, 1.54) is 250 Å². The van der Waals surface area contributed by atoms with Crippen LogP contribution in [0.4, 0.5) is 0 Å². The first-order valence-corrected chi connectivity index (χ1v) is 38.2. The molecule has 3 nitrogen and oxygen atoms in total. The summed E-state index contributed by atoms with van der Waals surface area (Å²) in [5.41, 5.74) is 9.85. The van der Waals surface area contributed by atoms with Crippen molar-refractivity contribution >= 4 is 16.1 Å². The highest BCUT2D eigenvalue weighted by Crippen LogP contribution is 2.36. The monoisotopic (exact) mass is 1030 g/mol. The Hall–Kier alpha value is -3.03. The fourth-order valence-electron chi connectivity index (χ4n) is 10.6.